The molecule has 1 aromatic rings. The zero-order chi connectivity index (χ0) is 14.1. The Labute approximate surface area is 120 Å². The monoisotopic (exact) mass is 276 g/mol. The Kier molecular flexibility index (Phi) is 3.78. The molecule has 2 unspecified atom stereocenters. The largest absolute Gasteiger partial charge is 0.383 e. The minimum Gasteiger partial charge on any atom is -0.383 e. The van der Waals surface area contributed by atoms with Crippen molar-refractivity contribution < 1.29 is 4.74 Å². The van der Waals surface area contributed by atoms with Crippen LogP contribution in [0.25, 0.3) is 0 Å². The molecule has 20 heavy (non-hydrogen) atoms. The summed E-state index contributed by atoms with van der Waals surface area (Å²) in [5.41, 5.74) is 7.17. The van der Waals surface area contributed by atoms with Gasteiger partial charge in [-0.3, -0.25) is 0 Å². The highest BCUT2D eigenvalue weighted by Gasteiger charge is 2.36. The van der Waals surface area contributed by atoms with E-state index in [-0.39, 0.29) is 0 Å². The van der Waals surface area contributed by atoms with Crippen LogP contribution in [0.4, 0.5) is 11.6 Å². The van der Waals surface area contributed by atoms with E-state index in [0.717, 1.165) is 24.5 Å². The van der Waals surface area contributed by atoms with Gasteiger partial charge in [-0.25, -0.2) is 9.97 Å². The fourth-order valence-corrected chi connectivity index (χ4v) is 3.54. The molecule has 1 saturated heterocycles. The first-order valence-corrected chi connectivity index (χ1v) is 7.67. The fraction of sp³-hybridized carbons (Fsp3) is 0.733. The number of nitrogen functional groups attached to an aromatic ring is 1. The van der Waals surface area contributed by atoms with Crippen molar-refractivity contribution in [3.05, 3.63) is 11.9 Å². The Balaban J connectivity index is 1.97. The quantitative estimate of drug-likeness (QED) is 0.898. The topological polar surface area (TPSA) is 64.3 Å². The van der Waals surface area contributed by atoms with Crippen LogP contribution < -0.4 is 10.6 Å². The minimum atomic E-state index is 0.330. The maximum atomic E-state index is 6.09. The first-order chi connectivity index (χ1) is 9.68. The molecule has 2 fully saturated rings. The van der Waals surface area contributed by atoms with E-state index >= 15 is 0 Å². The summed E-state index contributed by atoms with van der Waals surface area (Å²) in [7, 11) is 0. The predicted octanol–water partition coefficient (Wildman–Crippen LogP) is 2.33. The van der Waals surface area contributed by atoms with Gasteiger partial charge in [-0.2, -0.15) is 0 Å². The SMILES string of the molecule is CC(C)c1c(N)ncnc1N1CCOC2CCCCC21. The highest BCUT2D eigenvalue weighted by atomic mass is 16.5. The number of hydrogen-bond acceptors (Lipinski definition) is 5. The highest BCUT2D eigenvalue weighted by Crippen LogP contribution is 2.36. The second-order valence-corrected chi connectivity index (χ2v) is 6.11. The van der Waals surface area contributed by atoms with Crippen LogP contribution in [0, 0.1) is 0 Å². The van der Waals surface area contributed by atoms with Gasteiger partial charge in [-0.15, -0.1) is 0 Å². The molecular weight excluding hydrogens is 252 g/mol. The lowest BCUT2D eigenvalue weighted by molar-refractivity contribution is -0.00907. The third kappa shape index (κ3) is 2.35. The molecule has 1 aromatic heterocycles. The second-order valence-electron chi connectivity index (χ2n) is 6.11. The lowest BCUT2D eigenvalue weighted by Gasteiger charge is -2.45. The average molecular weight is 276 g/mol. The van der Waals surface area contributed by atoms with Crippen molar-refractivity contribution in [2.45, 2.75) is 57.6 Å². The third-order valence-electron chi connectivity index (χ3n) is 4.48. The molecule has 0 spiro atoms. The van der Waals surface area contributed by atoms with E-state index in [1.54, 1.807) is 6.33 Å². The Morgan fingerprint density at radius 3 is 2.90 bits per heavy atom. The van der Waals surface area contributed by atoms with Gasteiger partial charge in [-0.05, 0) is 18.8 Å². The number of nitrogens with zero attached hydrogens (tertiary/aromatic N) is 3. The van der Waals surface area contributed by atoms with Gasteiger partial charge in [0.1, 0.15) is 18.0 Å². The van der Waals surface area contributed by atoms with Gasteiger partial charge in [0.25, 0.3) is 0 Å². The van der Waals surface area contributed by atoms with Crippen LogP contribution in [0.5, 0.6) is 0 Å². The van der Waals surface area contributed by atoms with Crippen molar-refractivity contribution in [3.63, 3.8) is 0 Å². The number of ether oxygens (including phenoxy) is 1. The molecule has 2 aliphatic rings. The summed E-state index contributed by atoms with van der Waals surface area (Å²) in [5, 5.41) is 0. The van der Waals surface area contributed by atoms with E-state index in [0.29, 0.717) is 23.9 Å². The molecule has 3 rings (SSSR count). The van der Waals surface area contributed by atoms with Gasteiger partial charge < -0.3 is 15.4 Å². The van der Waals surface area contributed by atoms with Crippen molar-refractivity contribution in [1.29, 1.82) is 0 Å². The van der Waals surface area contributed by atoms with Gasteiger partial charge in [-0.1, -0.05) is 26.7 Å². The summed E-state index contributed by atoms with van der Waals surface area (Å²) in [4.78, 5) is 11.1. The van der Waals surface area contributed by atoms with Gasteiger partial charge >= 0.3 is 0 Å². The van der Waals surface area contributed by atoms with Crippen LogP contribution in [0.3, 0.4) is 0 Å². The Morgan fingerprint density at radius 1 is 1.30 bits per heavy atom. The third-order valence-corrected chi connectivity index (χ3v) is 4.48. The normalized spacial score (nSPS) is 26.6. The van der Waals surface area contributed by atoms with Crippen LogP contribution in [-0.4, -0.2) is 35.3 Å². The number of anilines is 2. The maximum absolute atomic E-state index is 6.09. The maximum Gasteiger partial charge on any atom is 0.137 e. The number of fused-ring (bicyclic) bond motifs is 1. The molecule has 110 valence electrons. The summed E-state index contributed by atoms with van der Waals surface area (Å²) in [6.07, 6.45) is 6.85. The molecule has 5 nitrogen and oxygen atoms in total. The Bertz CT molecular complexity index is 475. The van der Waals surface area contributed by atoms with Crippen LogP contribution in [0.1, 0.15) is 51.0 Å². The molecule has 0 radical (unpaired) electrons. The molecule has 2 N–H and O–H groups in total. The summed E-state index contributed by atoms with van der Waals surface area (Å²) in [6, 6.07) is 0.448. The molecule has 0 bridgehead atoms. The summed E-state index contributed by atoms with van der Waals surface area (Å²) >= 11 is 0. The molecule has 1 saturated carbocycles. The van der Waals surface area contributed by atoms with Crippen LogP contribution in [-0.2, 0) is 4.74 Å². The minimum absolute atomic E-state index is 0.330. The van der Waals surface area contributed by atoms with E-state index in [4.69, 9.17) is 10.5 Å². The number of hydrogen-bond donors (Lipinski definition) is 1. The van der Waals surface area contributed by atoms with Gasteiger partial charge in [0.05, 0.1) is 18.8 Å². The molecule has 2 heterocycles. The highest BCUT2D eigenvalue weighted by molar-refractivity contribution is 5.59. The lowest BCUT2D eigenvalue weighted by Crippen LogP contribution is -2.53. The zero-order valence-electron chi connectivity index (χ0n) is 12.4. The van der Waals surface area contributed by atoms with Crippen molar-refractivity contribution in [1.82, 2.24) is 9.97 Å². The first kappa shape index (κ1) is 13.6. The van der Waals surface area contributed by atoms with E-state index in [1.807, 2.05) is 0 Å². The average Bonchev–Trinajstić information content (AvgIpc) is 2.46. The van der Waals surface area contributed by atoms with Crippen molar-refractivity contribution in [3.8, 4) is 0 Å². The molecular formula is C15H24N4O. The standard InChI is InChI=1S/C15H24N4O/c1-10(2)13-14(16)17-9-18-15(13)19-7-8-20-12-6-4-3-5-11(12)19/h9-12H,3-8H2,1-2H3,(H2,16,17,18). The number of rotatable bonds is 2. The van der Waals surface area contributed by atoms with Crippen LogP contribution >= 0.6 is 0 Å². The van der Waals surface area contributed by atoms with Crippen molar-refractivity contribution in [2.75, 3.05) is 23.8 Å². The molecule has 5 heteroatoms. The Morgan fingerprint density at radius 2 is 2.10 bits per heavy atom. The lowest BCUT2D eigenvalue weighted by atomic mass is 9.89. The van der Waals surface area contributed by atoms with Crippen molar-refractivity contribution >= 4 is 11.6 Å². The molecule has 1 aliphatic carbocycles. The van der Waals surface area contributed by atoms with Crippen LogP contribution in [0.15, 0.2) is 6.33 Å². The number of aromatic nitrogens is 2. The number of morpholine rings is 1. The van der Waals surface area contributed by atoms with E-state index in [2.05, 4.69) is 28.7 Å². The molecule has 0 aromatic carbocycles. The van der Waals surface area contributed by atoms with Crippen LogP contribution in [0.2, 0.25) is 0 Å². The molecule has 0 amide bonds. The van der Waals surface area contributed by atoms with E-state index < -0.39 is 0 Å². The smallest absolute Gasteiger partial charge is 0.137 e. The first-order valence-electron chi connectivity index (χ1n) is 7.67. The second kappa shape index (κ2) is 5.56. The predicted molar refractivity (Wildman–Crippen MR) is 79.9 cm³/mol. The van der Waals surface area contributed by atoms with Gasteiger partial charge in [0.2, 0.25) is 0 Å². The van der Waals surface area contributed by atoms with Gasteiger partial charge in [0, 0.05) is 12.1 Å². The van der Waals surface area contributed by atoms with Crippen molar-refractivity contribution in [2.24, 2.45) is 0 Å². The molecule has 2 atom stereocenters. The zero-order valence-corrected chi connectivity index (χ0v) is 12.4. The molecule has 1 aliphatic heterocycles. The Hall–Kier alpha value is -1.36. The number of nitrogens with two attached hydrogens (primary N) is 1. The summed E-state index contributed by atoms with van der Waals surface area (Å²) in [5.74, 6) is 1.97. The van der Waals surface area contributed by atoms with E-state index in [9.17, 15) is 0 Å². The van der Waals surface area contributed by atoms with Gasteiger partial charge in [0.15, 0.2) is 0 Å². The fourth-order valence-electron chi connectivity index (χ4n) is 3.54. The van der Waals surface area contributed by atoms with E-state index in [1.165, 1.54) is 25.7 Å². The summed E-state index contributed by atoms with van der Waals surface area (Å²) < 4.78 is 5.95. The summed E-state index contributed by atoms with van der Waals surface area (Å²) in [6.45, 7) is 5.98.